The van der Waals surface area contributed by atoms with Crippen LogP contribution in [0.1, 0.15) is 26.3 Å². The summed E-state index contributed by atoms with van der Waals surface area (Å²) < 4.78 is 5.41. The Balaban J connectivity index is 3.19. The van der Waals surface area contributed by atoms with Crippen LogP contribution in [0.15, 0.2) is 18.2 Å². The Morgan fingerprint density at radius 1 is 1.29 bits per heavy atom. The van der Waals surface area contributed by atoms with Gasteiger partial charge in [-0.15, -0.1) is 0 Å². The molecule has 2 N–H and O–H groups in total. The Hall–Kier alpha value is -1.71. The number of benzene rings is 1. The molecule has 1 rings (SSSR count). The lowest BCUT2D eigenvalue weighted by Crippen LogP contribution is -2.25. The summed E-state index contributed by atoms with van der Waals surface area (Å²) in [5, 5.41) is 5.27. The highest BCUT2D eigenvalue weighted by Gasteiger charge is 2.21. The number of hydrogen-bond donors (Lipinski definition) is 2. The molecule has 4 heteroatoms. The van der Waals surface area contributed by atoms with E-state index in [0.29, 0.717) is 11.4 Å². The van der Waals surface area contributed by atoms with Crippen LogP contribution in [0.25, 0.3) is 0 Å². The number of nitrogens with one attached hydrogen (secondary N) is 2. The van der Waals surface area contributed by atoms with Crippen LogP contribution in [0.3, 0.4) is 0 Å². The SMILES string of the molecule is CNC(=O)Nc1cccc(C(C)(C)C)c1OC. The van der Waals surface area contributed by atoms with Crippen LogP contribution < -0.4 is 15.4 Å². The molecule has 0 aromatic heterocycles. The number of rotatable bonds is 2. The van der Waals surface area contributed by atoms with Crippen molar-refractivity contribution >= 4 is 11.7 Å². The first-order valence-corrected chi connectivity index (χ1v) is 5.56. The maximum absolute atomic E-state index is 11.3. The van der Waals surface area contributed by atoms with Gasteiger partial charge in [-0.2, -0.15) is 0 Å². The minimum atomic E-state index is -0.255. The van der Waals surface area contributed by atoms with E-state index in [1.807, 2.05) is 18.2 Å². The van der Waals surface area contributed by atoms with Crippen molar-refractivity contribution in [2.75, 3.05) is 19.5 Å². The topological polar surface area (TPSA) is 50.4 Å². The summed E-state index contributed by atoms with van der Waals surface area (Å²) in [5.74, 6) is 0.712. The summed E-state index contributed by atoms with van der Waals surface area (Å²) in [6, 6.07) is 5.49. The minimum Gasteiger partial charge on any atom is -0.494 e. The molecule has 0 spiro atoms. The fourth-order valence-electron chi connectivity index (χ4n) is 1.63. The molecule has 94 valence electrons. The zero-order chi connectivity index (χ0) is 13.1. The van der Waals surface area contributed by atoms with Crippen LogP contribution in [0.4, 0.5) is 10.5 Å². The summed E-state index contributed by atoms with van der Waals surface area (Å²) >= 11 is 0. The molecule has 0 radical (unpaired) electrons. The van der Waals surface area contributed by atoms with Gasteiger partial charge in [0.05, 0.1) is 12.8 Å². The third-order valence-corrected chi connectivity index (χ3v) is 2.50. The number of para-hydroxylation sites is 1. The monoisotopic (exact) mass is 236 g/mol. The Labute approximate surface area is 102 Å². The Morgan fingerprint density at radius 3 is 2.41 bits per heavy atom. The molecule has 0 saturated heterocycles. The van der Waals surface area contributed by atoms with Gasteiger partial charge in [-0.3, -0.25) is 0 Å². The van der Waals surface area contributed by atoms with Gasteiger partial charge in [-0.1, -0.05) is 32.9 Å². The first-order chi connectivity index (χ1) is 7.90. The second-order valence-corrected chi connectivity index (χ2v) is 4.84. The third-order valence-electron chi connectivity index (χ3n) is 2.50. The van der Waals surface area contributed by atoms with Crippen molar-refractivity contribution in [3.63, 3.8) is 0 Å². The molecule has 4 nitrogen and oxygen atoms in total. The lowest BCUT2D eigenvalue weighted by molar-refractivity contribution is 0.254. The van der Waals surface area contributed by atoms with E-state index in [9.17, 15) is 4.79 Å². The van der Waals surface area contributed by atoms with Crippen LogP contribution in [-0.2, 0) is 5.41 Å². The quantitative estimate of drug-likeness (QED) is 0.829. The third kappa shape index (κ3) is 3.12. The van der Waals surface area contributed by atoms with Gasteiger partial charge in [0, 0.05) is 12.6 Å². The number of carbonyl (C=O) groups excluding carboxylic acids is 1. The smallest absolute Gasteiger partial charge is 0.319 e. The Kier molecular flexibility index (Phi) is 3.99. The number of anilines is 1. The summed E-state index contributed by atoms with van der Waals surface area (Å²) in [5.41, 5.74) is 1.71. The van der Waals surface area contributed by atoms with Crippen LogP contribution in [0.2, 0.25) is 0 Å². The molecule has 0 aliphatic rings. The second kappa shape index (κ2) is 5.08. The van der Waals surface area contributed by atoms with E-state index in [4.69, 9.17) is 4.74 Å². The lowest BCUT2D eigenvalue weighted by Gasteiger charge is -2.23. The average Bonchev–Trinajstić information content (AvgIpc) is 2.27. The Morgan fingerprint density at radius 2 is 1.94 bits per heavy atom. The molecule has 2 amide bonds. The molecule has 0 aliphatic heterocycles. The van der Waals surface area contributed by atoms with E-state index in [1.165, 1.54) is 0 Å². The number of urea groups is 1. The number of amides is 2. The maximum atomic E-state index is 11.3. The van der Waals surface area contributed by atoms with Gasteiger partial charge in [-0.05, 0) is 11.5 Å². The van der Waals surface area contributed by atoms with Gasteiger partial charge in [0.15, 0.2) is 0 Å². The molecule has 0 bridgehead atoms. The van der Waals surface area contributed by atoms with Crippen molar-refractivity contribution in [1.29, 1.82) is 0 Å². The second-order valence-electron chi connectivity index (χ2n) is 4.84. The fourth-order valence-corrected chi connectivity index (χ4v) is 1.63. The zero-order valence-electron chi connectivity index (χ0n) is 11.0. The highest BCUT2D eigenvalue weighted by molar-refractivity contribution is 5.91. The highest BCUT2D eigenvalue weighted by atomic mass is 16.5. The van der Waals surface area contributed by atoms with Crippen LogP contribution >= 0.6 is 0 Å². The van der Waals surface area contributed by atoms with Crippen LogP contribution in [0, 0.1) is 0 Å². The van der Waals surface area contributed by atoms with E-state index in [2.05, 4.69) is 31.4 Å². The largest absolute Gasteiger partial charge is 0.494 e. The molecular weight excluding hydrogens is 216 g/mol. The van der Waals surface area contributed by atoms with Crippen molar-refractivity contribution in [1.82, 2.24) is 5.32 Å². The van der Waals surface area contributed by atoms with Crippen LogP contribution in [-0.4, -0.2) is 20.2 Å². The highest BCUT2D eigenvalue weighted by Crippen LogP contribution is 2.36. The first-order valence-electron chi connectivity index (χ1n) is 5.56. The predicted molar refractivity (Wildman–Crippen MR) is 69.8 cm³/mol. The normalized spacial score (nSPS) is 10.9. The van der Waals surface area contributed by atoms with E-state index < -0.39 is 0 Å². The summed E-state index contributed by atoms with van der Waals surface area (Å²) in [4.78, 5) is 11.3. The predicted octanol–water partition coefficient (Wildman–Crippen LogP) is 2.74. The molecule has 0 aliphatic carbocycles. The van der Waals surface area contributed by atoms with Crippen molar-refractivity contribution in [3.8, 4) is 5.75 Å². The van der Waals surface area contributed by atoms with E-state index in [-0.39, 0.29) is 11.4 Å². The van der Waals surface area contributed by atoms with Gasteiger partial charge in [-0.25, -0.2) is 4.79 Å². The Bertz CT molecular complexity index is 408. The van der Waals surface area contributed by atoms with Gasteiger partial charge in [0.2, 0.25) is 0 Å². The maximum Gasteiger partial charge on any atom is 0.319 e. The van der Waals surface area contributed by atoms with E-state index >= 15 is 0 Å². The number of ether oxygens (including phenoxy) is 1. The van der Waals surface area contributed by atoms with Gasteiger partial charge in [0.25, 0.3) is 0 Å². The molecule has 17 heavy (non-hydrogen) atoms. The number of carbonyl (C=O) groups is 1. The molecule has 0 saturated carbocycles. The van der Waals surface area contributed by atoms with Gasteiger partial charge >= 0.3 is 6.03 Å². The van der Waals surface area contributed by atoms with Crippen LogP contribution in [0.5, 0.6) is 5.75 Å². The van der Waals surface area contributed by atoms with Crippen molar-refractivity contribution in [2.45, 2.75) is 26.2 Å². The van der Waals surface area contributed by atoms with Crippen molar-refractivity contribution < 1.29 is 9.53 Å². The molecule has 0 heterocycles. The number of hydrogen-bond acceptors (Lipinski definition) is 2. The van der Waals surface area contributed by atoms with E-state index in [0.717, 1.165) is 5.56 Å². The lowest BCUT2D eigenvalue weighted by atomic mass is 9.86. The molecule has 0 unspecified atom stereocenters. The molecule has 1 aromatic carbocycles. The number of methoxy groups -OCH3 is 1. The summed E-state index contributed by atoms with van der Waals surface area (Å²) in [7, 11) is 3.19. The molecular formula is C13H20N2O2. The molecule has 0 fully saturated rings. The standard InChI is InChI=1S/C13H20N2O2/c1-13(2,3)9-7-6-8-10(11(9)17-5)15-12(16)14-4/h6-8H,1-5H3,(H2,14,15,16). The average molecular weight is 236 g/mol. The summed E-state index contributed by atoms with van der Waals surface area (Å²) in [6.45, 7) is 6.32. The first kappa shape index (κ1) is 13.4. The van der Waals surface area contributed by atoms with Gasteiger partial charge < -0.3 is 15.4 Å². The minimum absolute atomic E-state index is 0.0360. The van der Waals surface area contributed by atoms with Gasteiger partial charge in [0.1, 0.15) is 5.75 Å². The fraction of sp³-hybridized carbons (Fsp3) is 0.462. The molecule has 0 atom stereocenters. The van der Waals surface area contributed by atoms with E-state index in [1.54, 1.807) is 14.2 Å². The molecule has 1 aromatic rings. The van der Waals surface area contributed by atoms with Crippen molar-refractivity contribution in [2.24, 2.45) is 0 Å². The van der Waals surface area contributed by atoms with Crippen molar-refractivity contribution in [3.05, 3.63) is 23.8 Å². The zero-order valence-corrected chi connectivity index (χ0v) is 11.0. The summed E-state index contributed by atoms with van der Waals surface area (Å²) in [6.07, 6.45) is 0.